The minimum absolute atomic E-state index is 0.00622. The Morgan fingerprint density at radius 3 is 2.17 bits per heavy atom. The van der Waals surface area contributed by atoms with Gasteiger partial charge in [0, 0.05) is 12.1 Å². The topological polar surface area (TPSA) is 45.1 Å². The highest BCUT2D eigenvalue weighted by molar-refractivity contribution is 5.61. The van der Waals surface area contributed by atoms with Crippen molar-refractivity contribution in [2.75, 3.05) is 13.1 Å². The summed E-state index contributed by atoms with van der Waals surface area (Å²) >= 11 is 0. The van der Waals surface area contributed by atoms with Gasteiger partial charge < -0.3 is 10.4 Å². The predicted octanol–water partition coefficient (Wildman–Crippen LogP) is 5.99. The van der Waals surface area contributed by atoms with Crippen LogP contribution in [0, 0.1) is 0 Å². The van der Waals surface area contributed by atoms with Crippen LogP contribution in [0.25, 0.3) is 11.3 Å². The summed E-state index contributed by atoms with van der Waals surface area (Å²) in [6, 6.07) is 5.72. The molecule has 2 aromatic rings. The van der Waals surface area contributed by atoms with Crippen LogP contribution in [-0.2, 0) is 12.4 Å². The molecule has 0 aliphatic rings. The normalized spacial score (nSPS) is 13.5. The van der Waals surface area contributed by atoms with E-state index in [1.807, 2.05) is 0 Å². The van der Waals surface area contributed by atoms with Crippen LogP contribution in [0.4, 0.5) is 26.3 Å². The zero-order chi connectivity index (χ0) is 22.4. The maximum atomic E-state index is 13.3. The second kappa shape index (κ2) is 10.3. The van der Waals surface area contributed by atoms with Crippen LogP contribution >= 0.6 is 0 Å². The number of hydrogen-bond donors (Lipinski definition) is 2. The van der Waals surface area contributed by atoms with Crippen LogP contribution < -0.4 is 5.32 Å². The molecule has 3 nitrogen and oxygen atoms in total. The Morgan fingerprint density at radius 2 is 1.60 bits per heavy atom. The summed E-state index contributed by atoms with van der Waals surface area (Å²) in [5, 5.41) is 13.3. The molecule has 1 aromatic heterocycles. The van der Waals surface area contributed by atoms with Gasteiger partial charge in [0.15, 0.2) is 0 Å². The van der Waals surface area contributed by atoms with Gasteiger partial charge in [0.25, 0.3) is 0 Å². The van der Waals surface area contributed by atoms with Gasteiger partial charge in [0.2, 0.25) is 0 Å². The van der Waals surface area contributed by atoms with Gasteiger partial charge in [0.1, 0.15) is 5.69 Å². The van der Waals surface area contributed by atoms with E-state index in [4.69, 9.17) is 0 Å². The highest BCUT2D eigenvalue weighted by atomic mass is 19.4. The fourth-order valence-corrected chi connectivity index (χ4v) is 2.90. The first-order chi connectivity index (χ1) is 14.0. The Morgan fingerprint density at radius 1 is 0.933 bits per heavy atom. The van der Waals surface area contributed by atoms with Gasteiger partial charge >= 0.3 is 12.4 Å². The minimum Gasteiger partial charge on any atom is -0.387 e. The Balaban J connectivity index is 2.23. The first-order valence-electron chi connectivity index (χ1n) is 9.68. The van der Waals surface area contributed by atoms with E-state index in [9.17, 15) is 31.4 Å². The summed E-state index contributed by atoms with van der Waals surface area (Å²) in [6.07, 6.45) is -6.46. The molecule has 2 rings (SSSR count). The van der Waals surface area contributed by atoms with Crippen molar-refractivity contribution >= 4 is 0 Å². The van der Waals surface area contributed by atoms with Crippen molar-refractivity contribution < 1.29 is 31.4 Å². The molecule has 1 atom stereocenters. The molecule has 0 saturated heterocycles. The fraction of sp³-hybridized carbons (Fsp3) is 0.476. The Kier molecular flexibility index (Phi) is 8.25. The molecule has 1 heterocycles. The van der Waals surface area contributed by atoms with E-state index in [1.54, 1.807) is 0 Å². The summed E-state index contributed by atoms with van der Waals surface area (Å²) in [4.78, 5) is 3.54. The lowest BCUT2D eigenvalue weighted by Gasteiger charge is -2.16. The number of alkyl halides is 6. The number of nitrogens with zero attached hydrogens (tertiary/aromatic N) is 1. The molecule has 166 valence electrons. The van der Waals surface area contributed by atoms with Gasteiger partial charge in [-0.25, -0.2) is 4.98 Å². The number of pyridine rings is 1. The largest absolute Gasteiger partial charge is 0.433 e. The third-order valence-corrected chi connectivity index (χ3v) is 4.58. The summed E-state index contributed by atoms with van der Waals surface area (Å²) < 4.78 is 78.0. The van der Waals surface area contributed by atoms with Crippen LogP contribution in [0.2, 0.25) is 0 Å². The van der Waals surface area contributed by atoms with E-state index in [1.165, 1.54) is 6.07 Å². The maximum Gasteiger partial charge on any atom is 0.433 e. The standard InChI is InChI=1S/C21H24F6N2O/c1-2-3-4-5-10-28-13-18(30)15-11-17(29-19(12-15)21(25,26)27)14-6-8-16(9-7-14)20(22,23)24/h6-9,11-12,18,28,30H,2-5,10,13H2,1H3/t18-/m1/s1. The van der Waals surface area contributed by atoms with E-state index in [0.29, 0.717) is 6.54 Å². The third-order valence-electron chi connectivity index (χ3n) is 4.58. The number of aromatic nitrogens is 1. The molecule has 0 radical (unpaired) electrons. The highest BCUT2D eigenvalue weighted by Crippen LogP contribution is 2.34. The number of hydrogen-bond acceptors (Lipinski definition) is 3. The SMILES string of the molecule is CCCCCCNC[C@@H](O)c1cc(-c2ccc(C(F)(F)F)cc2)nc(C(F)(F)F)c1. The summed E-state index contributed by atoms with van der Waals surface area (Å²) in [7, 11) is 0. The van der Waals surface area contributed by atoms with Crippen molar-refractivity contribution in [3.05, 3.63) is 53.2 Å². The first-order valence-corrected chi connectivity index (χ1v) is 9.68. The van der Waals surface area contributed by atoms with E-state index >= 15 is 0 Å². The zero-order valence-corrected chi connectivity index (χ0v) is 16.4. The lowest BCUT2D eigenvalue weighted by molar-refractivity contribution is -0.141. The smallest absolute Gasteiger partial charge is 0.387 e. The zero-order valence-electron chi connectivity index (χ0n) is 16.4. The molecule has 0 amide bonds. The number of unbranched alkanes of at least 4 members (excludes halogenated alkanes) is 3. The van der Waals surface area contributed by atoms with Crippen LogP contribution in [0.3, 0.4) is 0 Å². The van der Waals surface area contributed by atoms with Crippen molar-refractivity contribution in [2.45, 2.75) is 51.1 Å². The van der Waals surface area contributed by atoms with Crippen LogP contribution in [0.1, 0.15) is 55.5 Å². The van der Waals surface area contributed by atoms with E-state index < -0.39 is 29.7 Å². The molecular formula is C21H24F6N2O. The number of aliphatic hydroxyl groups excluding tert-OH is 1. The second-order valence-corrected chi connectivity index (χ2v) is 7.02. The van der Waals surface area contributed by atoms with Crippen molar-refractivity contribution in [1.29, 1.82) is 0 Å². The lowest BCUT2D eigenvalue weighted by Crippen LogP contribution is -2.23. The van der Waals surface area contributed by atoms with E-state index in [2.05, 4.69) is 17.2 Å². The van der Waals surface area contributed by atoms with Gasteiger partial charge in [-0.15, -0.1) is 0 Å². The van der Waals surface area contributed by atoms with Crippen LogP contribution in [0.5, 0.6) is 0 Å². The predicted molar refractivity (Wildman–Crippen MR) is 102 cm³/mol. The van der Waals surface area contributed by atoms with Crippen LogP contribution in [0.15, 0.2) is 36.4 Å². The van der Waals surface area contributed by atoms with Gasteiger partial charge in [-0.05, 0) is 42.8 Å². The molecule has 30 heavy (non-hydrogen) atoms. The summed E-state index contributed by atoms with van der Waals surface area (Å²) in [5.74, 6) is 0. The van der Waals surface area contributed by atoms with Crippen molar-refractivity contribution in [3.8, 4) is 11.3 Å². The number of nitrogens with one attached hydrogen (secondary N) is 1. The third kappa shape index (κ3) is 6.98. The average Bonchev–Trinajstić information content (AvgIpc) is 2.69. The Hall–Kier alpha value is -2.13. The molecule has 0 unspecified atom stereocenters. The number of halogens is 6. The molecule has 0 bridgehead atoms. The maximum absolute atomic E-state index is 13.3. The minimum atomic E-state index is -4.76. The van der Waals surface area contributed by atoms with E-state index in [0.717, 1.165) is 56.0 Å². The van der Waals surface area contributed by atoms with Gasteiger partial charge in [-0.1, -0.05) is 38.3 Å². The van der Waals surface area contributed by atoms with Gasteiger partial charge in [-0.2, -0.15) is 26.3 Å². The first kappa shape index (κ1) is 24.1. The number of aliphatic hydroxyl groups is 1. The molecule has 0 spiro atoms. The Bertz CT molecular complexity index is 803. The molecule has 0 saturated carbocycles. The highest BCUT2D eigenvalue weighted by Gasteiger charge is 2.34. The molecule has 2 N–H and O–H groups in total. The van der Waals surface area contributed by atoms with Crippen molar-refractivity contribution in [2.24, 2.45) is 0 Å². The molecule has 0 aliphatic heterocycles. The molecule has 9 heteroatoms. The van der Waals surface area contributed by atoms with Crippen molar-refractivity contribution in [3.63, 3.8) is 0 Å². The summed E-state index contributed by atoms with van der Waals surface area (Å²) in [6.45, 7) is 2.76. The lowest BCUT2D eigenvalue weighted by atomic mass is 10.0. The molecule has 0 aliphatic carbocycles. The molecule has 0 fully saturated rings. The fourth-order valence-electron chi connectivity index (χ4n) is 2.90. The second-order valence-electron chi connectivity index (χ2n) is 7.02. The number of benzene rings is 1. The quantitative estimate of drug-likeness (QED) is 0.376. The molecule has 1 aromatic carbocycles. The van der Waals surface area contributed by atoms with Crippen molar-refractivity contribution in [1.82, 2.24) is 10.3 Å². The van der Waals surface area contributed by atoms with E-state index in [-0.39, 0.29) is 23.4 Å². The Labute approximate surface area is 171 Å². The molecular weight excluding hydrogens is 410 g/mol. The average molecular weight is 434 g/mol. The number of rotatable bonds is 9. The van der Waals surface area contributed by atoms with Gasteiger partial charge in [-0.3, -0.25) is 0 Å². The monoisotopic (exact) mass is 434 g/mol. The summed E-state index contributed by atoms with van der Waals surface area (Å²) in [5.41, 5.74) is -2.19. The van der Waals surface area contributed by atoms with Gasteiger partial charge in [0.05, 0.1) is 17.4 Å². The van der Waals surface area contributed by atoms with Crippen LogP contribution in [-0.4, -0.2) is 23.2 Å².